The van der Waals surface area contributed by atoms with Crippen LogP contribution in [0.3, 0.4) is 0 Å². The lowest BCUT2D eigenvalue weighted by Crippen LogP contribution is -2.27. The Labute approximate surface area is 104 Å². The molecule has 1 aromatic rings. The maximum atomic E-state index is 5.88. The van der Waals surface area contributed by atoms with Crippen LogP contribution in [0.5, 0.6) is 0 Å². The van der Waals surface area contributed by atoms with E-state index in [1.807, 2.05) is 6.07 Å². The summed E-state index contributed by atoms with van der Waals surface area (Å²) in [4.78, 5) is 6.73. The van der Waals surface area contributed by atoms with Crippen molar-refractivity contribution >= 4 is 33.3 Å². The van der Waals surface area contributed by atoms with E-state index in [1.165, 1.54) is 6.42 Å². The van der Waals surface area contributed by atoms with E-state index < -0.39 is 0 Å². The van der Waals surface area contributed by atoms with Gasteiger partial charge < -0.3 is 4.90 Å². The molecule has 2 nitrogen and oxygen atoms in total. The van der Waals surface area contributed by atoms with Crippen molar-refractivity contribution in [1.82, 2.24) is 4.98 Å². The molecule has 0 bridgehead atoms. The van der Waals surface area contributed by atoms with Gasteiger partial charge in [-0.3, -0.25) is 0 Å². The summed E-state index contributed by atoms with van der Waals surface area (Å²) in [5, 5.41) is 0.672. The molecule has 0 aliphatic carbocycles. The Morgan fingerprint density at radius 1 is 1.53 bits per heavy atom. The van der Waals surface area contributed by atoms with Crippen molar-refractivity contribution in [3.8, 4) is 0 Å². The van der Waals surface area contributed by atoms with Crippen molar-refractivity contribution in [3.63, 3.8) is 0 Å². The van der Waals surface area contributed by atoms with E-state index in [0.29, 0.717) is 11.1 Å². The molecule has 1 aromatic heterocycles. The molecule has 0 radical (unpaired) electrons. The molecule has 15 heavy (non-hydrogen) atoms. The Morgan fingerprint density at radius 2 is 2.27 bits per heavy atom. The van der Waals surface area contributed by atoms with E-state index in [2.05, 4.69) is 39.7 Å². The SMILES string of the molecule is CC1CC(C)N(c2ncc(Cl)cc2Br)C1. The monoisotopic (exact) mass is 288 g/mol. The molecule has 2 unspecified atom stereocenters. The van der Waals surface area contributed by atoms with Gasteiger partial charge in [-0.25, -0.2) is 4.98 Å². The van der Waals surface area contributed by atoms with Crippen LogP contribution in [-0.4, -0.2) is 17.6 Å². The summed E-state index contributed by atoms with van der Waals surface area (Å²) in [5.74, 6) is 1.75. The first-order valence-corrected chi connectivity index (χ1v) is 6.32. The van der Waals surface area contributed by atoms with Crippen molar-refractivity contribution < 1.29 is 0 Å². The van der Waals surface area contributed by atoms with Crippen LogP contribution in [0.2, 0.25) is 5.02 Å². The second-order valence-electron chi connectivity index (χ2n) is 4.30. The van der Waals surface area contributed by atoms with Gasteiger partial charge in [-0.2, -0.15) is 0 Å². The highest BCUT2D eigenvalue weighted by Gasteiger charge is 2.28. The smallest absolute Gasteiger partial charge is 0.143 e. The van der Waals surface area contributed by atoms with Gasteiger partial charge in [0.05, 0.1) is 9.50 Å². The Balaban J connectivity index is 2.29. The molecular formula is C11H14BrClN2. The first-order valence-electron chi connectivity index (χ1n) is 5.15. The van der Waals surface area contributed by atoms with E-state index in [-0.39, 0.29) is 0 Å². The zero-order valence-corrected chi connectivity index (χ0v) is 11.2. The molecule has 0 N–H and O–H groups in total. The minimum absolute atomic E-state index is 0.560. The largest absolute Gasteiger partial charge is 0.353 e. The van der Waals surface area contributed by atoms with Crippen LogP contribution >= 0.6 is 27.5 Å². The summed E-state index contributed by atoms with van der Waals surface area (Å²) in [7, 11) is 0. The third-order valence-corrected chi connectivity index (χ3v) is 3.63. The number of anilines is 1. The fourth-order valence-corrected chi connectivity index (χ4v) is 3.08. The van der Waals surface area contributed by atoms with Crippen LogP contribution < -0.4 is 4.90 Å². The molecule has 4 heteroatoms. The quantitative estimate of drug-likeness (QED) is 0.783. The molecule has 1 saturated heterocycles. The summed E-state index contributed by atoms with van der Waals surface area (Å²) in [6.45, 7) is 5.60. The molecule has 0 saturated carbocycles. The molecule has 1 aliphatic heterocycles. The van der Waals surface area contributed by atoms with Gasteiger partial charge in [0.2, 0.25) is 0 Å². The standard InChI is InChI=1S/C11H14BrClN2/c1-7-3-8(2)15(6-7)11-10(12)4-9(13)5-14-11/h4-5,7-8H,3,6H2,1-2H3. The zero-order chi connectivity index (χ0) is 11.0. The van der Waals surface area contributed by atoms with Crippen LogP contribution in [0.4, 0.5) is 5.82 Å². The number of aromatic nitrogens is 1. The number of nitrogens with zero attached hydrogens (tertiary/aromatic N) is 2. The summed E-state index contributed by atoms with van der Waals surface area (Å²) < 4.78 is 0.982. The van der Waals surface area contributed by atoms with Gasteiger partial charge in [-0.1, -0.05) is 18.5 Å². The second kappa shape index (κ2) is 4.30. The highest BCUT2D eigenvalue weighted by atomic mass is 79.9. The first-order chi connectivity index (χ1) is 7.08. The normalized spacial score (nSPS) is 26.0. The summed E-state index contributed by atoms with van der Waals surface area (Å²) in [5.41, 5.74) is 0. The van der Waals surface area contributed by atoms with Crippen molar-refractivity contribution in [2.45, 2.75) is 26.3 Å². The van der Waals surface area contributed by atoms with Gasteiger partial charge in [0.1, 0.15) is 5.82 Å². The Morgan fingerprint density at radius 3 is 2.80 bits per heavy atom. The molecule has 82 valence electrons. The lowest BCUT2D eigenvalue weighted by molar-refractivity contribution is 0.625. The number of hydrogen-bond acceptors (Lipinski definition) is 2. The van der Waals surface area contributed by atoms with Gasteiger partial charge in [0.15, 0.2) is 0 Å². The molecule has 0 spiro atoms. The zero-order valence-electron chi connectivity index (χ0n) is 8.87. The summed E-state index contributed by atoms with van der Waals surface area (Å²) >= 11 is 9.39. The predicted octanol–water partition coefficient (Wildman–Crippen LogP) is 3.73. The third-order valence-electron chi connectivity index (χ3n) is 2.84. The van der Waals surface area contributed by atoms with Gasteiger partial charge >= 0.3 is 0 Å². The molecule has 1 fully saturated rings. The molecular weight excluding hydrogens is 275 g/mol. The van der Waals surface area contributed by atoms with Crippen LogP contribution in [0.1, 0.15) is 20.3 Å². The molecule has 1 aliphatic rings. The first kappa shape index (κ1) is 11.2. The lowest BCUT2D eigenvalue weighted by atomic mass is 10.1. The highest BCUT2D eigenvalue weighted by Crippen LogP contribution is 2.33. The van der Waals surface area contributed by atoms with Crippen LogP contribution in [-0.2, 0) is 0 Å². The van der Waals surface area contributed by atoms with Crippen molar-refractivity contribution in [2.24, 2.45) is 5.92 Å². The van der Waals surface area contributed by atoms with Crippen molar-refractivity contribution in [3.05, 3.63) is 21.8 Å². The molecule has 2 atom stereocenters. The predicted molar refractivity (Wildman–Crippen MR) is 67.5 cm³/mol. The number of pyridine rings is 1. The van der Waals surface area contributed by atoms with Gasteiger partial charge in [0.25, 0.3) is 0 Å². The summed E-state index contributed by atoms with van der Waals surface area (Å²) in [6, 6.07) is 2.46. The minimum Gasteiger partial charge on any atom is -0.353 e. The van der Waals surface area contributed by atoms with Crippen LogP contribution in [0.15, 0.2) is 16.7 Å². The third kappa shape index (κ3) is 2.28. The van der Waals surface area contributed by atoms with E-state index in [0.717, 1.165) is 22.8 Å². The highest BCUT2D eigenvalue weighted by molar-refractivity contribution is 9.10. The van der Waals surface area contributed by atoms with E-state index in [1.54, 1.807) is 6.20 Å². The topological polar surface area (TPSA) is 16.1 Å². The van der Waals surface area contributed by atoms with Crippen LogP contribution in [0.25, 0.3) is 0 Å². The molecule has 2 rings (SSSR count). The average molecular weight is 290 g/mol. The fourth-order valence-electron chi connectivity index (χ4n) is 2.21. The molecule has 0 aromatic carbocycles. The fraction of sp³-hybridized carbons (Fsp3) is 0.545. The average Bonchev–Trinajstić information content (AvgIpc) is 2.45. The van der Waals surface area contributed by atoms with E-state index in [4.69, 9.17) is 11.6 Å². The maximum absolute atomic E-state index is 5.88. The minimum atomic E-state index is 0.560. The van der Waals surface area contributed by atoms with Crippen molar-refractivity contribution in [1.29, 1.82) is 0 Å². The van der Waals surface area contributed by atoms with Crippen molar-refractivity contribution in [2.75, 3.05) is 11.4 Å². The summed E-state index contributed by atoms with van der Waals surface area (Å²) in [6.07, 6.45) is 2.94. The molecule has 0 amide bonds. The molecule has 2 heterocycles. The van der Waals surface area contributed by atoms with E-state index in [9.17, 15) is 0 Å². The lowest BCUT2D eigenvalue weighted by Gasteiger charge is -2.23. The second-order valence-corrected chi connectivity index (χ2v) is 5.59. The number of hydrogen-bond donors (Lipinski definition) is 0. The maximum Gasteiger partial charge on any atom is 0.143 e. The number of rotatable bonds is 1. The van der Waals surface area contributed by atoms with E-state index >= 15 is 0 Å². The number of halogens is 2. The van der Waals surface area contributed by atoms with Gasteiger partial charge in [-0.15, -0.1) is 0 Å². The van der Waals surface area contributed by atoms with Gasteiger partial charge in [0, 0.05) is 18.8 Å². The Hall–Kier alpha value is -0.280. The Bertz CT molecular complexity index is 370. The van der Waals surface area contributed by atoms with Gasteiger partial charge in [-0.05, 0) is 41.3 Å². The Kier molecular flexibility index (Phi) is 3.21. The van der Waals surface area contributed by atoms with Crippen LogP contribution in [0, 0.1) is 5.92 Å².